The maximum absolute atomic E-state index is 12.0. The molecule has 0 saturated carbocycles. The van der Waals surface area contributed by atoms with E-state index in [1.54, 1.807) is 0 Å². The van der Waals surface area contributed by atoms with Crippen molar-refractivity contribution in [3.63, 3.8) is 0 Å². The number of halogens is 1. The number of esters is 1. The van der Waals surface area contributed by atoms with Gasteiger partial charge in [0.1, 0.15) is 5.75 Å². The van der Waals surface area contributed by atoms with Crippen molar-refractivity contribution in [2.45, 2.75) is 44.9 Å². The molecule has 0 atom stereocenters. The Morgan fingerprint density at radius 2 is 1.96 bits per heavy atom. The van der Waals surface area contributed by atoms with Crippen LogP contribution in [0.25, 0.3) is 0 Å². The molecular weight excluding hydrogens is 326 g/mol. The molecule has 3 rings (SSSR count). The van der Waals surface area contributed by atoms with Gasteiger partial charge in [0.15, 0.2) is 5.96 Å². The Morgan fingerprint density at radius 3 is 2.67 bits per heavy atom. The Morgan fingerprint density at radius 1 is 1.25 bits per heavy atom. The third kappa shape index (κ3) is 4.63. The average molecular weight is 352 g/mol. The summed E-state index contributed by atoms with van der Waals surface area (Å²) in [4.78, 5) is 13.9. The minimum Gasteiger partial charge on any atom is -0.427 e. The molecule has 0 radical (unpaired) electrons. The Bertz CT molecular complexity index is 598. The predicted octanol–water partition coefficient (Wildman–Crippen LogP) is 2.89. The second kappa shape index (κ2) is 8.38. The van der Waals surface area contributed by atoms with E-state index < -0.39 is 0 Å². The molecule has 1 fully saturated rings. The van der Waals surface area contributed by atoms with Gasteiger partial charge in [0.05, 0.1) is 0 Å². The third-order valence-electron chi connectivity index (χ3n) is 5.01. The molecule has 1 heterocycles. The topological polar surface area (TPSA) is 79.4 Å². The summed E-state index contributed by atoms with van der Waals surface area (Å²) in [7, 11) is 0. The Kier molecular flexibility index (Phi) is 6.49. The summed E-state index contributed by atoms with van der Waals surface area (Å²) in [6.45, 7) is 1.64. The smallest absolute Gasteiger partial charge is 0.311 e. The van der Waals surface area contributed by atoms with Crippen LogP contribution in [0.1, 0.15) is 43.2 Å². The van der Waals surface area contributed by atoms with Crippen LogP contribution in [0.3, 0.4) is 0 Å². The molecule has 1 aliphatic carbocycles. The van der Waals surface area contributed by atoms with E-state index in [1.807, 2.05) is 17.0 Å². The van der Waals surface area contributed by atoms with Crippen LogP contribution in [0.15, 0.2) is 18.2 Å². The van der Waals surface area contributed by atoms with E-state index in [0.29, 0.717) is 18.1 Å². The first kappa shape index (κ1) is 18.6. The molecule has 1 saturated heterocycles. The number of rotatable bonds is 4. The summed E-state index contributed by atoms with van der Waals surface area (Å²) in [6, 6.07) is 6.02. The summed E-state index contributed by atoms with van der Waals surface area (Å²) in [5.74, 6) is 1.22. The highest BCUT2D eigenvalue weighted by atomic mass is 35.5. The van der Waals surface area contributed by atoms with E-state index in [1.165, 1.54) is 17.5 Å². The lowest BCUT2D eigenvalue weighted by Gasteiger charge is -2.31. The van der Waals surface area contributed by atoms with Crippen LogP contribution < -0.4 is 10.5 Å². The quantitative estimate of drug-likeness (QED) is 0.378. The van der Waals surface area contributed by atoms with Gasteiger partial charge in [-0.1, -0.05) is 6.07 Å². The zero-order chi connectivity index (χ0) is 16.2. The minimum atomic E-state index is -0.142. The minimum absolute atomic E-state index is 0. The molecule has 1 aromatic rings. The van der Waals surface area contributed by atoms with Crippen molar-refractivity contribution in [2.75, 3.05) is 13.1 Å². The van der Waals surface area contributed by atoms with Crippen LogP contribution in [0.5, 0.6) is 5.75 Å². The standard InChI is InChI=1S/C18H25N3O2.ClH/c19-18(20)21-10-8-13(9-11-21)4-7-17(22)23-16-6-5-14-2-1-3-15(14)12-16;/h5-6,12-13H,1-4,7-11H2,(H3,19,20);1H. The number of nitrogens with one attached hydrogen (secondary N) is 1. The highest BCUT2D eigenvalue weighted by molar-refractivity contribution is 5.85. The second-order valence-corrected chi connectivity index (χ2v) is 6.61. The molecule has 132 valence electrons. The molecule has 0 aromatic heterocycles. The lowest BCUT2D eigenvalue weighted by atomic mass is 9.92. The van der Waals surface area contributed by atoms with E-state index in [2.05, 4.69) is 6.07 Å². The van der Waals surface area contributed by atoms with Crippen molar-refractivity contribution in [1.29, 1.82) is 5.41 Å². The van der Waals surface area contributed by atoms with Gasteiger partial charge >= 0.3 is 5.97 Å². The first-order chi connectivity index (χ1) is 11.1. The zero-order valence-electron chi connectivity index (χ0n) is 13.9. The van der Waals surface area contributed by atoms with Gasteiger partial charge in [-0.2, -0.15) is 0 Å². The van der Waals surface area contributed by atoms with Gasteiger partial charge in [0.2, 0.25) is 0 Å². The molecule has 0 unspecified atom stereocenters. The molecular formula is C18H26ClN3O2. The van der Waals surface area contributed by atoms with Gasteiger partial charge in [0, 0.05) is 19.5 Å². The number of ether oxygens (including phenoxy) is 1. The Labute approximate surface area is 149 Å². The summed E-state index contributed by atoms with van der Waals surface area (Å²) >= 11 is 0. The van der Waals surface area contributed by atoms with E-state index in [9.17, 15) is 4.79 Å². The molecule has 1 aromatic carbocycles. The van der Waals surface area contributed by atoms with Crippen molar-refractivity contribution in [3.05, 3.63) is 29.3 Å². The fourth-order valence-corrected chi connectivity index (χ4v) is 3.58. The van der Waals surface area contributed by atoms with Crippen molar-refractivity contribution in [1.82, 2.24) is 4.90 Å². The molecule has 0 bridgehead atoms. The number of hydrogen-bond donors (Lipinski definition) is 2. The van der Waals surface area contributed by atoms with Crippen LogP contribution in [-0.4, -0.2) is 29.9 Å². The molecule has 0 spiro atoms. The number of hydrogen-bond acceptors (Lipinski definition) is 3. The number of nitrogens with zero attached hydrogens (tertiary/aromatic N) is 1. The maximum atomic E-state index is 12.0. The van der Waals surface area contributed by atoms with Gasteiger partial charge in [-0.25, -0.2) is 0 Å². The summed E-state index contributed by atoms with van der Waals surface area (Å²) < 4.78 is 5.49. The van der Waals surface area contributed by atoms with E-state index in [4.69, 9.17) is 15.9 Å². The SMILES string of the molecule is Cl.N=C(N)N1CCC(CCC(=O)Oc2ccc3c(c2)CCC3)CC1. The van der Waals surface area contributed by atoms with Gasteiger partial charge in [-0.15, -0.1) is 12.4 Å². The van der Waals surface area contributed by atoms with E-state index >= 15 is 0 Å². The fraction of sp³-hybridized carbons (Fsp3) is 0.556. The Balaban J connectivity index is 0.00000208. The Hall–Kier alpha value is -1.75. The molecule has 2 aliphatic rings. The number of nitrogens with two attached hydrogens (primary N) is 1. The fourth-order valence-electron chi connectivity index (χ4n) is 3.58. The van der Waals surface area contributed by atoms with Crippen LogP contribution in [0.4, 0.5) is 0 Å². The number of likely N-dealkylation sites (tertiary alicyclic amines) is 1. The molecule has 6 heteroatoms. The summed E-state index contributed by atoms with van der Waals surface area (Å²) in [5.41, 5.74) is 8.21. The molecule has 0 amide bonds. The monoisotopic (exact) mass is 351 g/mol. The largest absolute Gasteiger partial charge is 0.427 e. The first-order valence-electron chi connectivity index (χ1n) is 8.53. The lowest BCUT2D eigenvalue weighted by Crippen LogP contribution is -2.42. The maximum Gasteiger partial charge on any atom is 0.311 e. The molecule has 5 nitrogen and oxygen atoms in total. The van der Waals surface area contributed by atoms with Crippen LogP contribution in [0, 0.1) is 11.3 Å². The average Bonchev–Trinajstić information content (AvgIpc) is 3.01. The lowest BCUT2D eigenvalue weighted by molar-refractivity contribution is -0.134. The number of guanidine groups is 1. The number of fused-ring (bicyclic) bond motifs is 1. The predicted molar refractivity (Wildman–Crippen MR) is 96.8 cm³/mol. The summed E-state index contributed by atoms with van der Waals surface area (Å²) in [5, 5.41) is 7.43. The van der Waals surface area contributed by atoms with Gasteiger partial charge < -0.3 is 15.4 Å². The number of carbonyl (C=O) groups excluding carboxylic acids is 1. The highest BCUT2D eigenvalue weighted by Gasteiger charge is 2.21. The third-order valence-corrected chi connectivity index (χ3v) is 5.01. The van der Waals surface area contributed by atoms with Crippen molar-refractivity contribution in [3.8, 4) is 5.75 Å². The van der Waals surface area contributed by atoms with Gasteiger partial charge in [-0.05, 0) is 67.7 Å². The number of benzene rings is 1. The van der Waals surface area contributed by atoms with Crippen LogP contribution in [-0.2, 0) is 17.6 Å². The van der Waals surface area contributed by atoms with Crippen molar-refractivity contribution in [2.24, 2.45) is 11.7 Å². The van der Waals surface area contributed by atoms with Crippen molar-refractivity contribution < 1.29 is 9.53 Å². The number of aryl methyl sites for hydroxylation is 2. The molecule has 1 aliphatic heterocycles. The van der Waals surface area contributed by atoms with Gasteiger partial charge in [0.25, 0.3) is 0 Å². The number of piperidine rings is 1. The number of carbonyl (C=O) groups is 1. The first-order valence-corrected chi connectivity index (χ1v) is 8.53. The molecule has 3 N–H and O–H groups in total. The second-order valence-electron chi connectivity index (χ2n) is 6.61. The van der Waals surface area contributed by atoms with Crippen molar-refractivity contribution >= 4 is 24.3 Å². The summed E-state index contributed by atoms with van der Waals surface area (Å²) in [6.07, 6.45) is 6.73. The zero-order valence-corrected chi connectivity index (χ0v) is 14.7. The normalized spacial score (nSPS) is 17.1. The van der Waals surface area contributed by atoms with Crippen LogP contribution in [0.2, 0.25) is 0 Å². The van der Waals surface area contributed by atoms with E-state index in [-0.39, 0.29) is 24.3 Å². The van der Waals surface area contributed by atoms with E-state index in [0.717, 1.165) is 45.2 Å². The molecule has 24 heavy (non-hydrogen) atoms. The van der Waals surface area contributed by atoms with Crippen LogP contribution >= 0.6 is 12.4 Å². The van der Waals surface area contributed by atoms with Gasteiger partial charge in [-0.3, -0.25) is 10.2 Å². The highest BCUT2D eigenvalue weighted by Crippen LogP contribution is 2.27.